The van der Waals surface area contributed by atoms with Crippen LogP contribution in [-0.4, -0.2) is 51.1 Å². The summed E-state index contributed by atoms with van der Waals surface area (Å²) in [6.07, 6.45) is 9.49. The van der Waals surface area contributed by atoms with Crippen molar-refractivity contribution in [2.75, 3.05) is 30.7 Å². The molecule has 5 rings (SSSR count). The predicted molar refractivity (Wildman–Crippen MR) is 152 cm³/mol. The highest BCUT2D eigenvalue weighted by molar-refractivity contribution is 7.93. The van der Waals surface area contributed by atoms with Crippen LogP contribution in [0.25, 0.3) is 10.2 Å². The highest BCUT2D eigenvalue weighted by Gasteiger charge is 2.27. The van der Waals surface area contributed by atoms with Crippen LogP contribution in [0.3, 0.4) is 0 Å². The van der Waals surface area contributed by atoms with Crippen LogP contribution in [0.1, 0.15) is 56.9 Å². The molecule has 0 radical (unpaired) electrons. The highest BCUT2D eigenvalue weighted by atomic mass is 32.2. The lowest BCUT2D eigenvalue weighted by molar-refractivity contribution is 0.211. The number of fused-ring (bicyclic) bond motifs is 1. The minimum absolute atomic E-state index is 0.0572. The Labute approximate surface area is 229 Å². The smallest absolute Gasteiger partial charge is 0.264 e. The van der Waals surface area contributed by atoms with Crippen molar-refractivity contribution < 1.29 is 13.2 Å². The number of nitrogens with one attached hydrogen (secondary N) is 2. The third-order valence-corrected chi connectivity index (χ3v) is 10.1. The maximum absolute atomic E-state index is 13.3. The number of aromatic nitrogens is 1. The lowest BCUT2D eigenvalue weighted by Gasteiger charge is -2.37. The molecule has 8 nitrogen and oxygen atoms in total. The molecule has 1 aromatic heterocycles. The van der Waals surface area contributed by atoms with E-state index in [-0.39, 0.29) is 21.6 Å². The standard InChI is InChI=1S/C28H35N5O3S2/c1-33(2)25-10-6-5-9-23(25)30-21-11-14-27(20(15-21)17-29)38(34,35)32-28-31-24-13-12-22(16-26(24)37-28)36-18-19-7-3-4-8-19/h11-16,19,23,25,30H,3-10,18H2,1-2H3,(H,31,32)/t23-,25-/m0/s1. The summed E-state index contributed by atoms with van der Waals surface area (Å²) in [6, 6.07) is 13.2. The molecule has 0 amide bonds. The van der Waals surface area contributed by atoms with E-state index in [1.54, 1.807) is 12.1 Å². The quantitative estimate of drug-likeness (QED) is 0.344. The summed E-state index contributed by atoms with van der Waals surface area (Å²) in [5.74, 6) is 1.38. The predicted octanol–water partition coefficient (Wildman–Crippen LogP) is 5.82. The Morgan fingerprint density at radius 3 is 2.61 bits per heavy atom. The monoisotopic (exact) mass is 553 g/mol. The Balaban J connectivity index is 1.30. The first-order valence-electron chi connectivity index (χ1n) is 13.4. The van der Waals surface area contributed by atoms with E-state index in [1.807, 2.05) is 18.2 Å². The van der Waals surface area contributed by atoms with E-state index in [1.165, 1.54) is 49.5 Å². The Bertz CT molecular complexity index is 1420. The van der Waals surface area contributed by atoms with Gasteiger partial charge in [-0.2, -0.15) is 5.26 Å². The summed E-state index contributed by atoms with van der Waals surface area (Å²) in [4.78, 5) is 6.62. The van der Waals surface area contributed by atoms with E-state index in [2.05, 4.69) is 40.1 Å². The van der Waals surface area contributed by atoms with Crippen molar-refractivity contribution >= 4 is 42.4 Å². The molecule has 202 valence electrons. The van der Waals surface area contributed by atoms with Gasteiger partial charge in [-0.1, -0.05) is 37.0 Å². The van der Waals surface area contributed by atoms with Gasteiger partial charge in [0.15, 0.2) is 5.13 Å². The minimum atomic E-state index is -4.00. The molecule has 0 unspecified atom stereocenters. The maximum atomic E-state index is 13.3. The molecule has 2 aliphatic carbocycles. The Hall–Kier alpha value is -2.87. The van der Waals surface area contributed by atoms with E-state index in [9.17, 15) is 13.7 Å². The van der Waals surface area contributed by atoms with Crippen LogP contribution in [0.2, 0.25) is 0 Å². The first-order chi connectivity index (χ1) is 18.3. The molecule has 3 aromatic rings. The summed E-state index contributed by atoms with van der Waals surface area (Å²) in [7, 11) is 0.164. The van der Waals surface area contributed by atoms with Crippen molar-refractivity contribution in [3.63, 3.8) is 0 Å². The van der Waals surface area contributed by atoms with Crippen LogP contribution in [-0.2, 0) is 10.0 Å². The minimum Gasteiger partial charge on any atom is -0.493 e. The molecule has 2 aliphatic rings. The van der Waals surface area contributed by atoms with Gasteiger partial charge in [0.25, 0.3) is 10.0 Å². The molecule has 38 heavy (non-hydrogen) atoms. The van der Waals surface area contributed by atoms with Crippen LogP contribution < -0.4 is 14.8 Å². The number of rotatable bonds is 9. The van der Waals surface area contributed by atoms with E-state index in [4.69, 9.17) is 4.74 Å². The van der Waals surface area contributed by atoms with Crippen molar-refractivity contribution in [2.45, 2.75) is 68.3 Å². The topological polar surface area (TPSA) is 107 Å². The van der Waals surface area contributed by atoms with Crippen LogP contribution in [0, 0.1) is 17.2 Å². The van der Waals surface area contributed by atoms with Gasteiger partial charge in [0, 0.05) is 17.8 Å². The van der Waals surface area contributed by atoms with Crippen molar-refractivity contribution in [2.24, 2.45) is 5.92 Å². The number of hydrogen-bond acceptors (Lipinski definition) is 8. The van der Waals surface area contributed by atoms with Gasteiger partial charge in [0.2, 0.25) is 0 Å². The molecule has 0 bridgehead atoms. The Kier molecular flexibility index (Phi) is 8.07. The largest absolute Gasteiger partial charge is 0.493 e. The first kappa shape index (κ1) is 26.7. The van der Waals surface area contributed by atoms with E-state index in [0.29, 0.717) is 24.1 Å². The average Bonchev–Trinajstić information content (AvgIpc) is 3.56. The van der Waals surface area contributed by atoms with Gasteiger partial charge in [-0.25, -0.2) is 13.4 Å². The lowest BCUT2D eigenvalue weighted by Crippen LogP contribution is -2.45. The van der Waals surface area contributed by atoms with Gasteiger partial charge in [-0.15, -0.1) is 0 Å². The molecule has 0 spiro atoms. The molecular weight excluding hydrogens is 518 g/mol. The van der Waals surface area contributed by atoms with Crippen molar-refractivity contribution in [3.05, 3.63) is 42.0 Å². The maximum Gasteiger partial charge on any atom is 0.264 e. The summed E-state index contributed by atoms with van der Waals surface area (Å²) in [5, 5.41) is 13.6. The van der Waals surface area contributed by atoms with Crippen LogP contribution in [0.5, 0.6) is 5.75 Å². The first-order valence-corrected chi connectivity index (χ1v) is 15.7. The molecule has 2 atom stereocenters. The van der Waals surface area contributed by atoms with E-state index in [0.717, 1.165) is 35.4 Å². The van der Waals surface area contributed by atoms with E-state index >= 15 is 0 Å². The zero-order chi connectivity index (χ0) is 26.7. The van der Waals surface area contributed by atoms with Gasteiger partial charge in [-0.05, 0) is 82.1 Å². The fraction of sp³-hybridized carbons (Fsp3) is 0.500. The third kappa shape index (κ3) is 6.06. The van der Waals surface area contributed by atoms with Crippen molar-refractivity contribution in [1.82, 2.24) is 9.88 Å². The Morgan fingerprint density at radius 1 is 1.08 bits per heavy atom. The zero-order valence-corrected chi connectivity index (χ0v) is 23.6. The molecule has 2 N–H and O–H groups in total. The number of nitriles is 1. The SMILES string of the molecule is CN(C)[C@H]1CCCC[C@@H]1Nc1ccc(S(=O)(=O)Nc2nc3ccc(OCC4CCCC4)cc3s2)c(C#N)c1. The normalized spacial score (nSPS) is 20.5. The summed E-state index contributed by atoms with van der Waals surface area (Å²) >= 11 is 1.25. The Morgan fingerprint density at radius 2 is 1.84 bits per heavy atom. The van der Waals surface area contributed by atoms with Crippen molar-refractivity contribution in [1.29, 1.82) is 5.26 Å². The fourth-order valence-electron chi connectivity index (χ4n) is 5.65. The number of thiazole rings is 1. The third-order valence-electron chi connectivity index (χ3n) is 7.68. The van der Waals surface area contributed by atoms with Crippen LogP contribution in [0.4, 0.5) is 10.8 Å². The lowest BCUT2D eigenvalue weighted by atomic mass is 9.89. The second kappa shape index (κ2) is 11.5. The zero-order valence-electron chi connectivity index (χ0n) is 21.9. The second-order valence-electron chi connectivity index (χ2n) is 10.6. The number of anilines is 2. The summed E-state index contributed by atoms with van der Waals surface area (Å²) < 4.78 is 35.9. The van der Waals surface area contributed by atoms with Gasteiger partial charge in [0.05, 0.1) is 22.4 Å². The molecular formula is C28H35N5O3S2. The number of ether oxygens (including phenoxy) is 1. The molecule has 2 fully saturated rings. The second-order valence-corrected chi connectivity index (χ2v) is 13.3. The molecule has 2 aromatic carbocycles. The summed E-state index contributed by atoms with van der Waals surface area (Å²) in [6.45, 7) is 0.710. The average molecular weight is 554 g/mol. The van der Waals surface area contributed by atoms with Crippen LogP contribution in [0.15, 0.2) is 41.3 Å². The van der Waals surface area contributed by atoms with Gasteiger partial charge in [-0.3, -0.25) is 4.72 Å². The number of nitrogens with zero attached hydrogens (tertiary/aromatic N) is 3. The molecule has 2 saturated carbocycles. The molecule has 1 heterocycles. The van der Waals surface area contributed by atoms with E-state index < -0.39 is 10.0 Å². The number of hydrogen-bond donors (Lipinski definition) is 2. The van der Waals surface area contributed by atoms with Gasteiger partial charge in [0.1, 0.15) is 16.7 Å². The molecule has 10 heteroatoms. The van der Waals surface area contributed by atoms with Gasteiger partial charge >= 0.3 is 0 Å². The fourth-order valence-corrected chi connectivity index (χ4v) is 7.92. The van der Waals surface area contributed by atoms with Crippen LogP contribution >= 0.6 is 11.3 Å². The molecule has 0 saturated heterocycles. The summed E-state index contributed by atoms with van der Waals surface area (Å²) in [5.41, 5.74) is 1.55. The number of benzene rings is 2. The highest BCUT2D eigenvalue weighted by Crippen LogP contribution is 2.33. The number of sulfonamides is 1. The van der Waals surface area contributed by atoms with Crippen molar-refractivity contribution in [3.8, 4) is 11.8 Å². The number of likely N-dealkylation sites (N-methyl/N-ethyl adjacent to an activating group) is 1. The van der Waals surface area contributed by atoms with Gasteiger partial charge < -0.3 is 15.0 Å². The molecule has 0 aliphatic heterocycles.